The molecule has 15 heavy (non-hydrogen) atoms. The van der Waals surface area contributed by atoms with Crippen molar-refractivity contribution in [2.75, 3.05) is 0 Å². The van der Waals surface area contributed by atoms with Crippen LogP contribution in [0.4, 0.5) is 0 Å². The summed E-state index contributed by atoms with van der Waals surface area (Å²) in [5.41, 5.74) is -0.513. The summed E-state index contributed by atoms with van der Waals surface area (Å²) in [6.07, 6.45) is 3.82. The molecule has 0 radical (unpaired) electrons. The van der Waals surface area contributed by atoms with Crippen molar-refractivity contribution in [3.63, 3.8) is 0 Å². The van der Waals surface area contributed by atoms with Crippen LogP contribution in [0.5, 0.6) is 0 Å². The minimum Gasteiger partial charge on any atom is -0.462 e. The summed E-state index contributed by atoms with van der Waals surface area (Å²) in [4.78, 5) is 23.0. The molecule has 2 atom stereocenters. The van der Waals surface area contributed by atoms with Gasteiger partial charge in [-0.25, -0.2) is 0 Å². The van der Waals surface area contributed by atoms with Crippen molar-refractivity contribution >= 4 is 11.8 Å². The summed E-state index contributed by atoms with van der Waals surface area (Å²) >= 11 is 0. The Hall–Kier alpha value is -0.860. The van der Waals surface area contributed by atoms with Gasteiger partial charge < -0.3 is 4.74 Å². The zero-order valence-corrected chi connectivity index (χ0v) is 9.84. The van der Waals surface area contributed by atoms with Gasteiger partial charge in [-0.15, -0.1) is 0 Å². The zero-order valence-electron chi connectivity index (χ0n) is 9.84. The average Bonchev–Trinajstić information content (AvgIpc) is 2.37. The summed E-state index contributed by atoms with van der Waals surface area (Å²) in [6, 6.07) is 0. The van der Waals surface area contributed by atoms with Gasteiger partial charge in [-0.3, -0.25) is 9.59 Å². The number of esters is 1. The van der Waals surface area contributed by atoms with Gasteiger partial charge in [0.15, 0.2) is 0 Å². The Morgan fingerprint density at radius 3 is 2.67 bits per heavy atom. The van der Waals surface area contributed by atoms with Crippen LogP contribution in [0.1, 0.15) is 52.9 Å². The number of carbonyl (C=O) groups excluding carboxylic acids is 2. The number of ether oxygens (including phenoxy) is 1. The van der Waals surface area contributed by atoms with Gasteiger partial charge in [0, 0.05) is 12.8 Å². The van der Waals surface area contributed by atoms with E-state index in [0.29, 0.717) is 12.8 Å². The molecule has 1 fully saturated rings. The molecule has 0 spiro atoms. The Kier molecular flexibility index (Phi) is 3.89. The minimum absolute atomic E-state index is 0.0336. The quantitative estimate of drug-likeness (QED) is 0.657. The Balaban J connectivity index is 2.76. The number of unbranched alkanes of at least 4 members (excludes halogenated alkanes) is 1. The molecule has 1 aliphatic rings. The average molecular weight is 212 g/mol. The van der Waals surface area contributed by atoms with Crippen LogP contribution in [0.3, 0.4) is 0 Å². The summed E-state index contributed by atoms with van der Waals surface area (Å²) in [6.45, 7) is 5.53. The van der Waals surface area contributed by atoms with E-state index in [1.807, 2.05) is 6.92 Å². The summed E-state index contributed by atoms with van der Waals surface area (Å²) in [7, 11) is 0. The van der Waals surface area contributed by atoms with E-state index in [1.54, 1.807) is 6.92 Å². The number of ketones is 1. The molecule has 0 aromatic carbocycles. The first-order valence-corrected chi connectivity index (χ1v) is 5.70. The molecule has 0 aliphatic carbocycles. The number of Topliss-reactive ketones (excluding diaryl/α,β-unsaturated/α-hetero) is 1. The highest BCUT2D eigenvalue weighted by Gasteiger charge is 2.47. The standard InChI is InChI=1S/C12H20O3/c1-4-5-6-12(7-9(2)13)8-10(3)15-11(12)14/h10H,4-8H2,1-3H3. The third-order valence-electron chi connectivity index (χ3n) is 3.02. The third kappa shape index (κ3) is 2.80. The Morgan fingerprint density at radius 1 is 1.60 bits per heavy atom. The van der Waals surface area contributed by atoms with Crippen LogP contribution < -0.4 is 0 Å². The zero-order chi connectivity index (χ0) is 11.5. The number of hydrogen-bond acceptors (Lipinski definition) is 3. The lowest BCUT2D eigenvalue weighted by molar-refractivity contribution is -0.150. The molecular weight excluding hydrogens is 192 g/mol. The molecule has 0 N–H and O–H groups in total. The first-order valence-electron chi connectivity index (χ1n) is 5.70. The van der Waals surface area contributed by atoms with E-state index in [9.17, 15) is 9.59 Å². The first kappa shape index (κ1) is 12.2. The van der Waals surface area contributed by atoms with Gasteiger partial charge in [0.1, 0.15) is 11.9 Å². The highest BCUT2D eigenvalue weighted by Crippen LogP contribution is 2.41. The van der Waals surface area contributed by atoms with Gasteiger partial charge in [0.25, 0.3) is 0 Å². The SMILES string of the molecule is CCCCC1(CC(C)=O)CC(C)OC1=O. The molecule has 1 heterocycles. The van der Waals surface area contributed by atoms with Crippen molar-refractivity contribution in [1.29, 1.82) is 0 Å². The Bertz CT molecular complexity index is 260. The Labute approximate surface area is 91.2 Å². The van der Waals surface area contributed by atoms with Crippen LogP contribution in [0.15, 0.2) is 0 Å². The summed E-state index contributed by atoms with van der Waals surface area (Å²) in [5, 5.41) is 0. The molecule has 86 valence electrons. The van der Waals surface area contributed by atoms with E-state index in [0.717, 1.165) is 19.3 Å². The smallest absolute Gasteiger partial charge is 0.312 e. The van der Waals surface area contributed by atoms with E-state index in [4.69, 9.17) is 4.74 Å². The number of cyclic esters (lactones) is 1. The van der Waals surface area contributed by atoms with Gasteiger partial charge in [0.05, 0.1) is 5.41 Å². The second-order valence-electron chi connectivity index (χ2n) is 4.68. The van der Waals surface area contributed by atoms with Crippen LogP contribution in [-0.2, 0) is 14.3 Å². The minimum atomic E-state index is -0.513. The van der Waals surface area contributed by atoms with Crippen LogP contribution in [0, 0.1) is 5.41 Å². The van der Waals surface area contributed by atoms with E-state index in [2.05, 4.69) is 6.92 Å². The van der Waals surface area contributed by atoms with Crippen molar-refractivity contribution < 1.29 is 14.3 Å². The number of carbonyl (C=O) groups is 2. The van der Waals surface area contributed by atoms with Crippen molar-refractivity contribution in [2.45, 2.75) is 59.0 Å². The molecule has 0 aromatic rings. The van der Waals surface area contributed by atoms with E-state index < -0.39 is 5.41 Å². The maximum atomic E-state index is 11.8. The Morgan fingerprint density at radius 2 is 2.27 bits per heavy atom. The largest absolute Gasteiger partial charge is 0.462 e. The molecule has 0 amide bonds. The lowest BCUT2D eigenvalue weighted by Gasteiger charge is -2.22. The highest BCUT2D eigenvalue weighted by molar-refractivity contribution is 5.87. The first-order chi connectivity index (χ1) is 7.00. The predicted molar refractivity (Wildman–Crippen MR) is 57.4 cm³/mol. The van der Waals surface area contributed by atoms with Gasteiger partial charge in [-0.05, 0) is 20.3 Å². The lowest BCUT2D eigenvalue weighted by atomic mass is 9.76. The third-order valence-corrected chi connectivity index (χ3v) is 3.02. The van der Waals surface area contributed by atoms with E-state index in [-0.39, 0.29) is 17.9 Å². The molecule has 1 saturated heterocycles. The highest BCUT2D eigenvalue weighted by atomic mass is 16.6. The molecule has 3 nitrogen and oxygen atoms in total. The predicted octanol–water partition coefficient (Wildman–Crippen LogP) is 2.48. The molecule has 1 aliphatic heterocycles. The van der Waals surface area contributed by atoms with Gasteiger partial charge >= 0.3 is 5.97 Å². The second kappa shape index (κ2) is 4.77. The number of rotatable bonds is 5. The maximum Gasteiger partial charge on any atom is 0.312 e. The van der Waals surface area contributed by atoms with Crippen LogP contribution in [0.25, 0.3) is 0 Å². The lowest BCUT2D eigenvalue weighted by Crippen LogP contribution is -2.29. The monoisotopic (exact) mass is 212 g/mol. The van der Waals surface area contributed by atoms with Crippen molar-refractivity contribution in [3.8, 4) is 0 Å². The molecule has 0 bridgehead atoms. The second-order valence-corrected chi connectivity index (χ2v) is 4.68. The summed E-state index contributed by atoms with van der Waals surface area (Å²) in [5.74, 6) is -0.0872. The fourth-order valence-electron chi connectivity index (χ4n) is 2.41. The van der Waals surface area contributed by atoms with Crippen LogP contribution in [-0.4, -0.2) is 17.9 Å². The topological polar surface area (TPSA) is 43.4 Å². The molecule has 3 heteroatoms. The van der Waals surface area contributed by atoms with E-state index >= 15 is 0 Å². The molecule has 0 aromatic heterocycles. The van der Waals surface area contributed by atoms with Gasteiger partial charge in [0.2, 0.25) is 0 Å². The number of hydrogen-bond donors (Lipinski definition) is 0. The molecule has 2 unspecified atom stereocenters. The van der Waals surface area contributed by atoms with Crippen molar-refractivity contribution in [1.82, 2.24) is 0 Å². The van der Waals surface area contributed by atoms with Gasteiger partial charge in [-0.2, -0.15) is 0 Å². The summed E-state index contributed by atoms with van der Waals surface area (Å²) < 4.78 is 5.18. The van der Waals surface area contributed by atoms with Crippen molar-refractivity contribution in [2.24, 2.45) is 5.41 Å². The fraction of sp³-hybridized carbons (Fsp3) is 0.833. The van der Waals surface area contributed by atoms with Crippen LogP contribution >= 0.6 is 0 Å². The van der Waals surface area contributed by atoms with E-state index in [1.165, 1.54) is 0 Å². The molecule has 1 rings (SSSR count). The normalized spacial score (nSPS) is 30.3. The molecule has 0 saturated carbocycles. The maximum absolute atomic E-state index is 11.8. The van der Waals surface area contributed by atoms with Crippen LogP contribution in [0.2, 0.25) is 0 Å². The van der Waals surface area contributed by atoms with Gasteiger partial charge in [-0.1, -0.05) is 19.8 Å². The van der Waals surface area contributed by atoms with Crippen molar-refractivity contribution in [3.05, 3.63) is 0 Å². The fourth-order valence-corrected chi connectivity index (χ4v) is 2.41. The molecular formula is C12H20O3.